The minimum absolute atomic E-state index is 0.0599. The standard InChI is InChI=1S/C23H26ClN3O6S2/c1-3-33-23(30)20-17-10-12-26(14(2)28)13-19(17)34-22(20)25-21(29)18-5-4-11-27(18)35(31,32)16-8-6-15(24)7-9-16/h6-9,18H,3-5,10-13H2,1-2H3,(H,25,29). The lowest BCUT2D eigenvalue weighted by Gasteiger charge is -2.25. The number of hydrogen-bond donors (Lipinski definition) is 1. The molecule has 2 amide bonds. The molecule has 1 atom stereocenters. The highest BCUT2D eigenvalue weighted by atomic mass is 35.5. The molecule has 0 bridgehead atoms. The highest BCUT2D eigenvalue weighted by Gasteiger charge is 2.40. The van der Waals surface area contributed by atoms with E-state index >= 15 is 0 Å². The van der Waals surface area contributed by atoms with Gasteiger partial charge in [0.2, 0.25) is 21.8 Å². The number of nitrogens with zero attached hydrogens (tertiary/aromatic N) is 2. The van der Waals surface area contributed by atoms with Gasteiger partial charge in [0.05, 0.1) is 23.6 Å². The molecule has 188 valence electrons. The van der Waals surface area contributed by atoms with Crippen LogP contribution in [0.15, 0.2) is 29.2 Å². The minimum atomic E-state index is -3.91. The first-order valence-corrected chi connectivity index (χ1v) is 13.9. The highest BCUT2D eigenvalue weighted by molar-refractivity contribution is 7.89. The maximum absolute atomic E-state index is 13.3. The van der Waals surface area contributed by atoms with E-state index in [1.54, 1.807) is 11.8 Å². The number of carbonyl (C=O) groups excluding carboxylic acids is 3. The van der Waals surface area contributed by atoms with Gasteiger partial charge in [-0.2, -0.15) is 4.31 Å². The molecule has 4 rings (SSSR count). The largest absolute Gasteiger partial charge is 0.462 e. The maximum Gasteiger partial charge on any atom is 0.341 e. The Kier molecular flexibility index (Phi) is 7.51. The smallest absolute Gasteiger partial charge is 0.341 e. The first-order valence-electron chi connectivity index (χ1n) is 11.3. The van der Waals surface area contributed by atoms with Crippen molar-refractivity contribution in [3.63, 3.8) is 0 Å². The Morgan fingerprint density at radius 2 is 1.91 bits per heavy atom. The second-order valence-corrected chi connectivity index (χ2v) is 11.8. The second kappa shape index (κ2) is 10.3. The van der Waals surface area contributed by atoms with Crippen molar-refractivity contribution in [3.05, 3.63) is 45.3 Å². The van der Waals surface area contributed by atoms with Crippen LogP contribution in [0.1, 0.15) is 47.5 Å². The summed E-state index contributed by atoms with van der Waals surface area (Å²) in [7, 11) is -3.91. The number of sulfonamides is 1. The summed E-state index contributed by atoms with van der Waals surface area (Å²) in [4.78, 5) is 40.5. The first-order chi connectivity index (χ1) is 16.6. The van der Waals surface area contributed by atoms with Crippen molar-refractivity contribution in [1.82, 2.24) is 9.21 Å². The van der Waals surface area contributed by atoms with Gasteiger partial charge in [0, 0.05) is 29.9 Å². The lowest BCUT2D eigenvalue weighted by atomic mass is 10.0. The van der Waals surface area contributed by atoms with Crippen LogP contribution in [0.25, 0.3) is 0 Å². The van der Waals surface area contributed by atoms with Crippen molar-refractivity contribution in [1.29, 1.82) is 0 Å². The van der Waals surface area contributed by atoms with Crippen LogP contribution in [0.3, 0.4) is 0 Å². The Labute approximate surface area is 213 Å². The van der Waals surface area contributed by atoms with Gasteiger partial charge in [-0.05, 0) is 56.0 Å². The SMILES string of the molecule is CCOC(=O)c1c(NC(=O)C2CCCN2S(=O)(=O)c2ccc(Cl)cc2)sc2c1CCN(C(C)=O)C2. The molecule has 2 aromatic rings. The number of rotatable bonds is 6. The van der Waals surface area contributed by atoms with Crippen molar-refractivity contribution in [2.45, 2.75) is 50.6 Å². The molecule has 1 aromatic carbocycles. The molecule has 35 heavy (non-hydrogen) atoms. The number of hydrogen-bond acceptors (Lipinski definition) is 7. The number of anilines is 1. The Bertz CT molecular complexity index is 1260. The third kappa shape index (κ3) is 5.09. The quantitative estimate of drug-likeness (QED) is 0.564. The van der Waals surface area contributed by atoms with Gasteiger partial charge in [-0.15, -0.1) is 11.3 Å². The average molecular weight is 540 g/mol. The van der Waals surface area contributed by atoms with Crippen molar-refractivity contribution in [2.75, 3.05) is 25.0 Å². The monoisotopic (exact) mass is 539 g/mol. The molecular weight excluding hydrogens is 514 g/mol. The van der Waals surface area contributed by atoms with Crippen molar-refractivity contribution in [3.8, 4) is 0 Å². The summed E-state index contributed by atoms with van der Waals surface area (Å²) in [5.41, 5.74) is 1.05. The van der Waals surface area contributed by atoms with Gasteiger partial charge in [0.25, 0.3) is 0 Å². The molecule has 1 unspecified atom stereocenters. The topological polar surface area (TPSA) is 113 Å². The van der Waals surface area contributed by atoms with Crippen LogP contribution < -0.4 is 5.32 Å². The number of carbonyl (C=O) groups is 3. The van der Waals surface area contributed by atoms with Crippen molar-refractivity contribution >= 4 is 55.7 Å². The third-order valence-corrected chi connectivity index (χ3v) is 9.45. The fourth-order valence-electron chi connectivity index (χ4n) is 4.41. The van der Waals surface area contributed by atoms with Gasteiger partial charge >= 0.3 is 5.97 Å². The zero-order chi connectivity index (χ0) is 25.3. The number of halogens is 1. The Morgan fingerprint density at radius 3 is 2.57 bits per heavy atom. The highest BCUT2D eigenvalue weighted by Crippen LogP contribution is 2.38. The van der Waals surface area contributed by atoms with E-state index in [1.807, 2.05) is 0 Å². The molecule has 0 aliphatic carbocycles. The van der Waals surface area contributed by atoms with E-state index < -0.39 is 27.9 Å². The zero-order valence-electron chi connectivity index (χ0n) is 19.4. The van der Waals surface area contributed by atoms with Gasteiger partial charge in [0.15, 0.2) is 0 Å². The summed E-state index contributed by atoms with van der Waals surface area (Å²) < 4.78 is 32.9. The van der Waals surface area contributed by atoms with Crippen molar-refractivity contribution in [2.24, 2.45) is 0 Å². The van der Waals surface area contributed by atoms with Crippen LogP contribution in [0.5, 0.6) is 0 Å². The minimum Gasteiger partial charge on any atom is -0.462 e. The summed E-state index contributed by atoms with van der Waals surface area (Å²) in [6.07, 6.45) is 1.36. The Balaban J connectivity index is 1.62. The number of ether oxygens (including phenoxy) is 1. The summed E-state index contributed by atoms with van der Waals surface area (Å²) >= 11 is 7.11. The predicted molar refractivity (Wildman–Crippen MR) is 132 cm³/mol. The van der Waals surface area contributed by atoms with Gasteiger partial charge in [0.1, 0.15) is 11.0 Å². The number of thiophene rings is 1. The van der Waals surface area contributed by atoms with Crippen LogP contribution in [-0.2, 0) is 37.3 Å². The lowest BCUT2D eigenvalue weighted by molar-refractivity contribution is -0.129. The molecule has 2 aliphatic heterocycles. The number of benzene rings is 1. The van der Waals surface area contributed by atoms with E-state index in [4.69, 9.17) is 16.3 Å². The Morgan fingerprint density at radius 1 is 1.20 bits per heavy atom. The Hall–Kier alpha value is -2.47. The van der Waals surface area contributed by atoms with E-state index in [-0.39, 0.29) is 29.5 Å². The van der Waals surface area contributed by atoms with Gasteiger partial charge in [-0.25, -0.2) is 13.2 Å². The molecule has 9 nitrogen and oxygen atoms in total. The van der Waals surface area contributed by atoms with Crippen LogP contribution in [0, 0.1) is 0 Å². The molecule has 1 aromatic heterocycles. The van der Waals surface area contributed by atoms with Gasteiger partial charge in [-0.3, -0.25) is 9.59 Å². The molecular formula is C23H26ClN3O6S2. The molecule has 0 saturated carbocycles. The normalized spacial score (nSPS) is 18.3. The molecule has 2 aliphatic rings. The fraction of sp³-hybridized carbons (Fsp3) is 0.435. The second-order valence-electron chi connectivity index (χ2n) is 8.34. The molecule has 1 saturated heterocycles. The predicted octanol–water partition coefficient (Wildman–Crippen LogP) is 3.27. The van der Waals surface area contributed by atoms with E-state index in [0.717, 1.165) is 10.4 Å². The average Bonchev–Trinajstić information content (AvgIpc) is 3.44. The molecule has 0 radical (unpaired) electrons. The first kappa shape index (κ1) is 25.6. The fourth-order valence-corrected chi connectivity index (χ4v) is 7.44. The molecule has 1 N–H and O–H groups in total. The zero-order valence-corrected chi connectivity index (χ0v) is 21.8. The molecule has 12 heteroatoms. The summed E-state index contributed by atoms with van der Waals surface area (Å²) in [5.74, 6) is -1.12. The number of esters is 1. The number of amides is 2. The van der Waals surface area contributed by atoms with Crippen LogP contribution in [0.4, 0.5) is 5.00 Å². The molecule has 0 spiro atoms. The number of nitrogens with one attached hydrogen (secondary N) is 1. The van der Waals surface area contributed by atoms with E-state index in [1.165, 1.54) is 46.8 Å². The third-order valence-electron chi connectivity index (χ3n) is 6.15. The van der Waals surface area contributed by atoms with E-state index in [0.29, 0.717) is 42.4 Å². The summed E-state index contributed by atoms with van der Waals surface area (Å²) in [6, 6.07) is 4.89. The van der Waals surface area contributed by atoms with Gasteiger partial charge < -0.3 is 15.0 Å². The lowest BCUT2D eigenvalue weighted by Crippen LogP contribution is -2.43. The van der Waals surface area contributed by atoms with Gasteiger partial charge in [-0.1, -0.05) is 11.6 Å². The van der Waals surface area contributed by atoms with Crippen LogP contribution >= 0.6 is 22.9 Å². The van der Waals surface area contributed by atoms with Crippen LogP contribution in [-0.4, -0.2) is 61.1 Å². The maximum atomic E-state index is 13.3. The summed E-state index contributed by atoms with van der Waals surface area (Å²) in [5, 5.41) is 3.54. The number of fused-ring (bicyclic) bond motifs is 1. The molecule has 3 heterocycles. The van der Waals surface area contributed by atoms with E-state index in [9.17, 15) is 22.8 Å². The van der Waals surface area contributed by atoms with Crippen LogP contribution in [0.2, 0.25) is 5.02 Å². The van der Waals surface area contributed by atoms with Crippen molar-refractivity contribution < 1.29 is 27.5 Å². The molecule has 1 fully saturated rings. The summed E-state index contributed by atoms with van der Waals surface area (Å²) in [6.45, 7) is 4.38. The van der Waals surface area contributed by atoms with E-state index in [2.05, 4.69) is 5.32 Å².